The summed E-state index contributed by atoms with van der Waals surface area (Å²) in [5.41, 5.74) is 0. The minimum atomic E-state index is 0. The number of piperidine rings is 1. The first kappa shape index (κ1) is 9.70. The topological polar surface area (TPSA) is 3.24 Å². The van der Waals surface area contributed by atoms with Crippen molar-refractivity contribution in [3.63, 3.8) is 0 Å². The third-order valence-corrected chi connectivity index (χ3v) is 1.99. The Morgan fingerprint density at radius 3 is 2.80 bits per heavy atom. The predicted molar refractivity (Wildman–Crippen MR) is 49.3 cm³/mol. The number of hydrogen-bond donors (Lipinski definition) is 0. The van der Waals surface area contributed by atoms with Crippen LogP contribution in [0.25, 0.3) is 0 Å². The van der Waals surface area contributed by atoms with E-state index in [4.69, 9.17) is 0 Å². The summed E-state index contributed by atoms with van der Waals surface area (Å²) in [4.78, 5) is 2.37. The third-order valence-electron chi connectivity index (χ3n) is 1.99. The third kappa shape index (κ3) is 2.53. The lowest BCUT2D eigenvalue weighted by molar-refractivity contribution is 0.237. The van der Waals surface area contributed by atoms with Gasteiger partial charge in [0.1, 0.15) is 0 Å². The van der Waals surface area contributed by atoms with Crippen LogP contribution in [0.2, 0.25) is 0 Å². The molecular formula is C9H21N. The van der Waals surface area contributed by atoms with Gasteiger partial charge in [0, 0.05) is 7.97 Å². The number of nitrogens with zero attached hydrogens (tertiary/aromatic N) is 1. The maximum absolute atomic E-state index is 3.79. The summed E-state index contributed by atoms with van der Waals surface area (Å²) < 4.78 is 0. The molecule has 1 heterocycles. The molecule has 1 aliphatic rings. The summed E-state index contributed by atoms with van der Waals surface area (Å²) in [5, 5.41) is 0. The Bertz CT molecular complexity index is 104. The van der Waals surface area contributed by atoms with E-state index in [0.29, 0.717) is 0 Å². The fraction of sp³-hybridized carbons (Fsp3) is 0.778. The van der Waals surface area contributed by atoms with Gasteiger partial charge in [0.15, 0.2) is 0 Å². The monoisotopic (exact) mass is 143 g/mol. The summed E-state index contributed by atoms with van der Waals surface area (Å²) >= 11 is 0. The molecule has 0 N–H and O–H groups in total. The van der Waals surface area contributed by atoms with Crippen LogP contribution in [0.4, 0.5) is 0 Å². The van der Waals surface area contributed by atoms with Crippen LogP contribution in [0.3, 0.4) is 0 Å². The van der Waals surface area contributed by atoms with E-state index in [2.05, 4.69) is 24.6 Å². The zero-order chi connectivity index (χ0) is 6.69. The molecule has 0 aliphatic carbocycles. The normalized spacial score (nSPS) is 27.1. The summed E-state index contributed by atoms with van der Waals surface area (Å²) in [6.45, 7) is 6.27. The summed E-state index contributed by atoms with van der Waals surface area (Å²) in [6, 6.07) is 0. The first-order valence-corrected chi connectivity index (χ1v) is 3.64. The van der Waals surface area contributed by atoms with Gasteiger partial charge in [-0.15, -0.1) is 6.58 Å². The van der Waals surface area contributed by atoms with Gasteiger partial charge in [-0.25, -0.2) is 0 Å². The molecule has 0 aromatic carbocycles. The van der Waals surface area contributed by atoms with E-state index in [1.807, 2.05) is 0 Å². The van der Waals surface area contributed by atoms with E-state index in [9.17, 15) is 0 Å². The summed E-state index contributed by atoms with van der Waals surface area (Å²) in [6.07, 6.45) is 4.76. The standard InChI is InChI=1S/C8H15N.CH4.H2/c1-3-8-5-4-6-9(2)7-8;;/h3,8H,1,4-7H2,2H3;1H4;1H. The number of likely N-dealkylation sites (tertiary alicyclic amines) is 1. The van der Waals surface area contributed by atoms with E-state index in [1.165, 1.54) is 25.9 Å². The molecule has 1 rings (SSSR count). The van der Waals surface area contributed by atoms with Crippen molar-refractivity contribution in [3.8, 4) is 0 Å². The van der Waals surface area contributed by atoms with Gasteiger partial charge in [-0.05, 0) is 32.4 Å². The maximum atomic E-state index is 3.79. The average molecular weight is 143 g/mol. The summed E-state index contributed by atoms with van der Waals surface area (Å²) in [7, 11) is 2.18. The van der Waals surface area contributed by atoms with Gasteiger partial charge < -0.3 is 4.90 Å². The minimum absolute atomic E-state index is 0. The molecule has 0 radical (unpaired) electrons. The van der Waals surface area contributed by atoms with E-state index < -0.39 is 0 Å². The molecule has 0 spiro atoms. The quantitative estimate of drug-likeness (QED) is 0.509. The first-order chi connectivity index (χ1) is 4.33. The fourth-order valence-electron chi connectivity index (χ4n) is 1.40. The van der Waals surface area contributed by atoms with Gasteiger partial charge in [-0.1, -0.05) is 13.5 Å². The van der Waals surface area contributed by atoms with Crippen molar-refractivity contribution in [3.05, 3.63) is 12.7 Å². The van der Waals surface area contributed by atoms with Gasteiger partial charge in [0.05, 0.1) is 0 Å². The Hall–Kier alpha value is -0.300. The highest BCUT2D eigenvalue weighted by Crippen LogP contribution is 2.14. The Labute approximate surface area is 66.2 Å². The van der Waals surface area contributed by atoms with Crippen molar-refractivity contribution in [1.82, 2.24) is 4.90 Å². The lowest BCUT2D eigenvalue weighted by atomic mass is 9.99. The fourth-order valence-corrected chi connectivity index (χ4v) is 1.40. The van der Waals surface area contributed by atoms with Crippen molar-refractivity contribution >= 4 is 0 Å². The molecule has 62 valence electrons. The average Bonchev–Trinajstić information content (AvgIpc) is 1.88. The van der Waals surface area contributed by atoms with Gasteiger partial charge in [0.25, 0.3) is 0 Å². The Morgan fingerprint density at radius 1 is 1.70 bits per heavy atom. The maximum Gasteiger partial charge on any atom is 0.00412 e. The van der Waals surface area contributed by atoms with E-state index in [0.717, 1.165) is 5.92 Å². The second-order valence-corrected chi connectivity index (χ2v) is 2.90. The number of hydrogen-bond acceptors (Lipinski definition) is 1. The van der Waals surface area contributed by atoms with Crippen LogP contribution in [0.5, 0.6) is 0 Å². The molecule has 1 fully saturated rings. The molecule has 1 atom stereocenters. The highest BCUT2D eigenvalue weighted by atomic mass is 15.1. The lowest BCUT2D eigenvalue weighted by Crippen LogP contribution is -2.30. The zero-order valence-corrected chi connectivity index (χ0v) is 6.14. The Kier molecular flexibility index (Phi) is 4.37. The van der Waals surface area contributed by atoms with E-state index >= 15 is 0 Å². The van der Waals surface area contributed by atoms with Crippen molar-refractivity contribution in [1.29, 1.82) is 0 Å². The van der Waals surface area contributed by atoms with Crippen molar-refractivity contribution in [2.75, 3.05) is 20.1 Å². The van der Waals surface area contributed by atoms with Crippen LogP contribution in [-0.4, -0.2) is 25.0 Å². The predicted octanol–water partition coefficient (Wildman–Crippen LogP) is 2.40. The van der Waals surface area contributed by atoms with Crippen LogP contribution in [-0.2, 0) is 0 Å². The highest BCUT2D eigenvalue weighted by Gasteiger charge is 2.12. The van der Waals surface area contributed by atoms with Crippen molar-refractivity contribution < 1.29 is 1.43 Å². The first-order valence-electron chi connectivity index (χ1n) is 3.64. The SMILES string of the molecule is C.C=CC1CCCN(C)C1.[HH]. The molecule has 0 amide bonds. The number of rotatable bonds is 1. The van der Waals surface area contributed by atoms with Gasteiger partial charge in [-0.3, -0.25) is 0 Å². The summed E-state index contributed by atoms with van der Waals surface area (Å²) in [5.74, 6) is 0.753. The van der Waals surface area contributed by atoms with Gasteiger partial charge in [0.2, 0.25) is 0 Å². The van der Waals surface area contributed by atoms with Crippen LogP contribution < -0.4 is 0 Å². The second-order valence-electron chi connectivity index (χ2n) is 2.90. The molecular weight excluding hydrogens is 122 g/mol. The van der Waals surface area contributed by atoms with Gasteiger partial charge in [-0.2, -0.15) is 0 Å². The van der Waals surface area contributed by atoms with Crippen molar-refractivity contribution in [2.24, 2.45) is 5.92 Å². The van der Waals surface area contributed by atoms with Crippen LogP contribution in [0.15, 0.2) is 12.7 Å². The lowest BCUT2D eigenvalue weighted by Gasteiger charge is -2.27. The zero-order valence-electron chi connectivity index (χ0n) is 6.14. The van der Waals surface area contributed by atoms with Crippen molar-refractivity contribution in [2.45, 2.75) is 20.3 Å². The molecule has 1 heteroatoms. The largest absolute Gasteiger partial charge is 0.306 e. The molecule has 1 nitrogen and oxygen atoms in total. The molecule has 0 bridgehead atoms. The van der Waals surface area contributed by atoms with Crippen LogP contribution in [0.1, 0.15) is 21.7 Å². The van der Waals surface area contributed by atoms with Crippen LogP contribution >= 0.6 is 0 Å². The Balaban J connectivity index is 0. The molecule has 0 aromatic heterocycles. The molecule has 1 aliphatic heterocycles. The second kappa shape index (κ2) is 4.51. The van der Waals surface area contributed by atoms with Crippen LogP contribution in [0, 0.1) is 5.92 Å². The smallest absolute Gasteiger partial charge is 0.00412 e. The van der Waals surface area contributed by atoms with Gasteiger partial charge >= 0.3 is 0 Å². The molecule has 0 aromatic rings. The molecule has 0 saturated carbocycles. The molecule has 1 unspecified atom stereocenters. The molecule has 1 saturated heterocycles. The van der Waals surface area contributed by atoms with E-state index in [1.54, 1.807) is 0 Å². The van der Waals surface area contributed by atoms with E-state index in [-0.39, 0.29) is 8.85 Å². The molecule has 10 heavy (non-hydrogen) atoms. The Morgan fingerprint density at radius 2 is 2.40 bits per heavy atom. The highest BCUT2D eigenvalue weighted by molar-refractivity contribution is 4.83. The minimum Gasteiger partial charge on any atom is -0.306 e.